The summed E-state index contributed by atoms with van der Waals surface area (Å²) in [6, 6.07) is 17.6. The second-order valence-electron chi connectivity index (χ2n) is 4.56. The topological polar surface area (TPSA) is 55.6 Å². The maximum atomic E-state index is 5.97. The number of benzene rings is 2. The van der Waals surface area contributed by atoms with Crippen LogP contribution in [0.15, 0.2) is 54.6 Å². The van der Waals surface area contributed by atoms with Crippen molar-refractivity contribution in [2.75, 3.05) is 11.9 Å². The first-order chi connectivity index (χ1) is 10.3. The first-order valence-electron chi connectivity index (χ1n) is 6.65. The van der Waals surface area contributed by atoms with Crippen LogP contribution in [0, 0.1) is 0 Å². The zero-order chi connectivity index (χ0) is 14.5. The lowest BCUT2D eigenvalue weighted by molar-refractivity contribution is 0.789. The van der Waals surface area contributed by atoms with Gasteiger partial charge in [0.25, 0.3) is 0 Å². The number of hydrogen-bond acceptors (Lipinski definition) is 4. The molecule has 0 amide bonds. The van der Waals surface area contributed by atoms with E-state index in [1.165, 1.54) is 5.56 Å². The molecule has 0 aliphatic carbocycles. The van der Waals surface area contributed by atoms with Gasteiger partial charge in [0.05, 0.1) is 5.69 Å². The molecular weight excluding hydrogens is 286 g/mol. The quantitative estimate of drug-likeness (QED) is 0.787. The van der Waals surface area contributed by atoms with Crippen LogP contribution in [0.5, 0.6) is 0 Å². The summed E-state index contributed by atoms with van der Waals surface area (Å²) in [7, 11) is 0. The number of hydrogen-bond donors (Lipinski definition) is 1. The van der Waals surface area contributed by atoms with Crippen LogP contribution < -0.4 is 5.32 Å². The number of nitrogens with zero attached hydrogens (tertiary/aromatic N) is 4. The van der Waals surface area contributed by atoms with Gasteiger partial charge >= 0.3 is 0 Å². The molecule has 0 aliphatic rings. The maximum Gasteiger partial charge on any atom is 0.247 e. The highest BCUT2D eigenvalue weighted by atomic mass is 35.5. The molecule has 6 heteroatoms. The lowest BCUT2D eigenvalue weighted by Crippen LogP contribution is -2.10. The lowest BCUT2D eigenvalue weighted by Gasteiger charge is -2.07. The number of tetrazole rings is 1. The van der Waals surface area contributed by atoms with Gasteiger partial charge in [-0.15, -0.1) is 0 Å². The van der Waals surface area contributed by atoms with E-state index < -0.39 is 0 Å². The minimum absolute atomic E-state index is 0.628. The highest BCUT2D eigenvalue weighted by Crippen LogP contribution is 2.13. The molecule has 1 N–H and O–H groups in total. The Kier molecular flexibility index (Phi) is 4.12. The average Bonchev–Trinajstić information content (AvgIpc) is 2.97. The van der Waals surface area contributed by atoms with Gasteiger partial charge in [-0.1, -0.05) is 47.0 Å². The number of aromatic nitrogens is 4. The first kappa shape index (κ1) is 13.6. The van der Waals surface area contributed by atoms with E-state index in [0.29, 0.717) is 5.95 Å². The highest BCUT2D eigenvalue weighted by Gasteiger charge is 2.06. The van der Waals surface area contributed by atoms with Gasteiger partial charge in [0, 0.05) is 11.6 Å². The summed E-state index contributed by atoms with van der Waals surface area (Å²) in [5.74, 6) is 0.628. The normalized spacial score (nSPS) is 10.5. The van der Waals surface area contributed by atoms with Gasteiger partial charge in [-0.05, 0) is 46.7 Å². The Morgan fingerprint density at radius 3 is 2.71 bits per heavy atom. The van der Waals surface area contributed by atoms with Crippen LogP contribution in [0.2, 0.25) is 5.02 Å². The second-order valence-corrected chi connectivity index (χ2v) is 4.99. The summed E-state index contributed by atoms with van der Waals surface area (Å²) in [6.07, 6.45) is 0.849. The number of anilines is 1. The van der Waals surface area contributed by atoms with Crippen LogP contribution in [0.25, 0.3) is 5.69 Å². The van der Waals surface area contributed by atoms with Crippen molar-refractivity contribution in [1.29, 1.82) is 0 Å². The van der Waals surface area contributed by atoms with Crippen molar-refractivity contribution in [2.45, 2.75) is 6.42 Å². The van der Waals surface area contributed by atoms with Gasteiger partial charge in [0.1, 0.15) is 0 Å². The molecular formula is C15H14ClN5. The van der Waals surface area contributed by atoms with Gasteiger partial charge < -0.3 is 5.32 Å². The number of nitrogens with one attached hydrogen (secondary N) is 1. The minimum atomic E-state index is 0.628. The van der Waals surface area contributed by atoms with Crippen LogP contribution in [-0.2, 0) is 6.42 Å². The Balaban J connectivity index is 1.66. The third-order valence-corrected chi connectivity index (χ3v) is 3.29. The molecule has 2 aromatic carbocycles. The monoisotopic (exact) mass is 299 g/mol. The van der Waals surface area contributed by atoms with E-state index >= 15 is 0 Å². The molecule has 21 heavy (non-hydrogen) atoms. The molecule has 3 rings (SSSR count). The Bertz CT molecular complexity index is 711. The van der Waals surface area contributed by atoms with Crippen LogP contribution in [0.3, 0.4) is 0 Å². The summed E-state index contributed by atoms with van der Waals surface area (Å²) in [6.45, 7) is 0.730. The highest BCUT2D eigenvalue weighted by molar-refractivity contribution is 6.30. The van der Waals surface area contributed by atoms with Crippen molar-refractivity contribution in [1.82, 2.24) is 20.2 Å². The predicted octanol–water partition coefficient (Wildman–Crippen LogP) is 2.97. The Hall–Kier alpha value is -2.40. The van der Waals surface area contributed by atoms with Gasteiger partial charge in [0.15, 0.2) is 0 Å². The smallest absolute Gasteiger partial charge is 0.247 e. The molecule has 0 saturated heterocycles. The van der Waals surface area contributed by atoms with Gasteiger partial charge in [-0.3, -0.25) is 0 Å². The largest absolute Gasteiger partial charge is 0.352 e. The summed E-state index contributed by atoms with van der Waals surface area (Å²) >= 11 is 5.97. The first-order valence-corrected chi connectivity index (χ1v) is 7.03. The SMILES string of the molecule is Clc1cccc(CCNc2nnnn2-c2ccccc2)c1. The molecule has 3 aromatic rings. The number of rotatable bonds is 5. The molecule has 0 unspecified atom stereocenters. The van der Waals surface area contributed by atoms with Crippen LogP contribution in [0.1, 0.15) is 5.56 Å². The zero-order valence-electron chi connectivity index (χ0n) is 11.3. The van der Waals surface area contributed by atoms with Crippen LogP contribution in [-0.4, -0.2) is 26.8 Å². The molecule has 106 valence electrons. The van der Waals surface area contributed by atoms with Gasteiger partial charge in [0.2, 0.25) is 5.95 Å². The third kappa shape index (κ3) is 3.38. The van der Waals surface area contributed by atoms with E-state index in [2.05, 4.69) is 20.8 Å². The van der Waals surface area contributed by atoms with Crippen molar-refractivity contribution >= 4 is 17.5 Å². The Morgan fingerprint density at radius 1 is 1.05 bits per heavy atom. The van der Waals surface area contributed by atoms with Crippen molar-refractivity contribution in [3.8, 4) is 5.69 Å². The average molecular weight is 300 g/mol. The van der Waals surface area contributed by atoms with Crippen molar-refractivity contribution in [3.05, 3.63) is 65.2 Å². The van der Waals surface area contributed by atoms with Crippen molar-refractivity contribution in [2.24, 2.45) is 0 Å². The fraction of sp³-hybridized carbons (Fsp3) is 0.133. The molecule has 0 fully saturated rings. The van der Waals surface area contributed by atoms with E-state index in [0.717, 1.165) is 23.7 Å². The number of halogens is 1. The summed E-state index contributed by atoms with van der Waals surface area (Å²) in [5.41, 5.74) is 2.10. The van der Waals surface area contributed by atoms with E-state index in [1.807, 2.05) is 54.6 Å². The van der Waals surface area contributed by atoms with Gasteiger partial charge in [-0.25, -0.2) is 0 Å². The third-order valence-electron chi connectivity index (χ3n) is 3.06. The molecule has 1 heterocycles. The zero-order valence-corrected chi connectivity index (χ0v) is 12.0. The van der Waals surface area contributed by atoms with Crippen molar-refractivity contribution < 1.29 is 0 Å². The summed E-state index contributed by atoms with van der Waals surface area (Å²) in [4.78, 5) is 0. The second kappa shape index (κ2) is 6.37. The maximum absolute atomic E-state index is 5.97. The van der Waals surface area contributed by atoms with E-state index in [4.69, 9.17) is 11.6 Å². The van der Waals surface area contributed by atoms with E-state index in [1.54, 1.807) is 4.68 Å². The molecule has 0 aliphatic heterocycles. The fourth-order valence-electron chi connectivity index (χ4n) is 2.05. The minimum Gasteiger partial charge on any atom is -0.352 e. The lowest BCUT2D eigenvalue weighted by atomic mass is 10.1. The number of para-hydroxylation sites is 1. The van der Waals surface area contributed by atoms with Gasteiger partial charge in [-0.2, -0.15) is 4.68 Å². The van der Waals surface area contributed by atoms with E-state index in [9.17, 15) is 0 Å². The molecule has 1 aromatic heterocycles. The fourth-order valence-corrected chi connectivity index (χ4v) is 2.26. The Labute approximate surface area is 127 Å². The predicted molar refractivity (Wildman–Crippen MR) is 82.8 cm³/mol. The molecule has 0 radical (unpaired) electrons. The Morgan fingerprint density at radius 2 is 1.90 bits per heavy atom. The molecule has 0 bridgehead atoms. The molecule has 0 saturated carbocycles. The summed E-state index contributed by atoms with van der Waals surface area (Å²) < 4.78 is 1.68. The van der Waals surface area contributed by atoms with E-state index in [-0.39, 0.29) is 0 Å². The summed E-state index contributed by atoms with van der Waals surface area (Å²) in [5, 5.41) is 15.7. The molecule has 0 atom stereocenters. The molecule has 5 nitrogen and oxygen atoms in total. The standard InChI is InChI=1S/C15H14ClN5/c16-13-6-4-5-12(11-13)9-10-17-15-18-19-20-21(15)14-7-2-1-3-8-14/h1-8,11H,9-10H2,(H,17,18,20). The van der Waals surface area contributed by atoms with Crippen LogP contribution in [0.4, 0.5) is 5.95 Å². The molecule has 0 spiro atoms. The van der Waals surface area contributed by atoms with Crippen molar-refractivity contribution in [3.63, 3.8) is 0 Å². The van der Waals surface area contributed by atoms with Crippen LogP contribution >= 0.6 is 11.6 Å².